The molecule has 1 N–H and O–H groups in total. The first-order valence-corrected chi connectivity index (χ1v) is 7.49. The van der Waals surface area contributed by atoms with Crippen molar-refractivity contribution in [2.24, 2.45) is 5.92 Å². The van der Waals surface area contributed by atoms with E-state index in [4.69, 9.17) is 0 Å². The second kappa shape index (κ2) is 7.38. The molecular weight excluding hydrogens is 208 g/mol. The Hall–Kier alpha value is -0.0800. The van der Waals surface area contributed by atoms with Gasteiger partial charge in [0.1, 0.15) is 0 Å². The van der Waals surface area contributed by atoms with E-state index in [2.05, 4.69) is 45.0 Å². The highest BCUT2D eigenvalue weighted by atomic mass is 15.2. The Balaban J connectivity index is 2.31. The first-order chi connectivity index (χ1) is 8.04. The smallest absolute Gasteiger partial charge is 0.0110 e. The van der Waals surface area contributed by atoms with Crippen molar-refractivity contribution >= 4 is 0 Å². The lowest BCUT2D eigenvalue weighted by molar-refractivity contribution is 0.164. The van der Waals surface area contributed by atoms with E-state index in [1.165, 1.54) is 38.6 Å². The van der Waals surface area contributed by atoms with Gasteiger partial charge in [0.25, 0.3) is 0 Å². The highest BCUT2D eigenvalue weighted by molar-refractivity contribution is 4.87. The standard InChI is InChI=1S/C15H32N2/c1-6-9-16-14-7-8-15(11-14)17(5)13(4)10-12(2)3/h12-16H,6-11H2,1-5H3. The van der Waals surface area contributed by atoms with Gasteiger partial charge in [-0.05, 0) is 58.5 Å². The van der Waals surface area contributed by atoms with E-state index in [9.17, 15) is 0 Å². The van der Waals surface area contributed by atoms with E-state index in [0.29, 0.717) is 0 Å². The van der Waals surface area contributed by atoms with Crippen LogP contribution in [0.2, 0.25) is 0 Å². The van der Waals surface area contributed by atoms with Gasteiger partial charge in [-0.15, -0.1) is 0 Å². The third-order valence-electron chi connectivity index (χ3n) is 4.17. The van der Waals surface area contributed by atoms with Gasteiger partial charge in [-0.3, -0.25) is 0 Å². The molecule has 1 saturated carbocycles. The Labute approximate surface area is 108 Å². The molecule has 0 aromatic carbocycles. The van der Waals surface area contributed by atoms with E-state index in [0.717, 1.165) is 24.0 Å². The van der Waals surface area contributed by atoms with Gasteiger partial charge in [0, 0.05) is 18.1 Å². The summed E-state index contributed by atoms with van der Waals surface area (Å²) < 4.78 is 0. The molecule has 0 amide bonds. The summed E-state index contributed by atoms with van der Waals surface area (Å²) in [5.74, 6) is 0.808. The highest BCUT2D eigenvalue weighted by Crippen LogP contribution is 2.26. The number of rotatable bonds is 7. The molecule has 0 bridgehead atoms. The van der Waals surface area contributed by atoms with Crippen molar-refractivity contribution in [1.29, 1.82) is 0 Å². The predicted octanol–water partition coefficient (Wildman–Crippen LogP) is 3.27. The minimum Gasteiger partial charge on any atom is -0.314 e. The van der Waals surface area contributed by atoms with Crippen LogP contribution in [0.25, 0.3) is 0 Å². The molecule has 0 aromatic rings. The van der Waals surface area contributed by atoms with Crippen LogP contribution in [-0.2, 0) is 0 Å². The molecule has 0 radical (unpaired) electrons. The van der Waals surface area contributed by atoms with E-state index >= 15 is 0 Å². The van der Waals surface area contributed by atoms with Crippen molar-refractivity contribution in [2.75, 3.05) is 13.6 Å². The maximum absolute atomic E-state index is 3.67. The van der Waals surface area contributed by atoms with Crippen molar-refractivity contribution in [3.05, 3.63) is 0 Å². The average molecular weight is 240 g/mol. The van der Waals surface area contributed by atoms with E-state index < -0.39 is 0 Å². The van der Waals surface area contributed by atoms with Gasteiger partial charge in [0.05, 0.1) is 0 Å². The molecule has 1 rings (SSSR count). The summed E-state index contributed by atoms with van der Waals surface area (Å²) in [5, 5.41) is 3.67. The molecule has 3 unspecified atom stereocenters. The van der Waals surface area contributed by atoms with Gasteiger partial charge in [-0.2, -0.15) is 0 Å². The number of nitrogens with one attached hydrogen (secondary N) is 1. The van der Waals surface area contributed by atoms with E-state index in [1.807, 2.05) is 0 Å². The Morgan fingerprint density at radius 1 is 1.24 bits per heavy atom. The maximum Gasteiger partial charge on any atom is 0.0110 e. The molecule has 17 heavy (non-hydrogen) atoms. The Kier molecular flexibility index (Phi) is 6.50. The fourth-order valence-electron chi connectivity index (χ4n) is 3.07. The van der Waals surface area contributed by atoms with Gasteiger partial charge in [-0.25, -0.2) is 0 Å². The van der Waals surface area contributed by atoms with Crippen LogP contribution in [0.5, 0.6) is 0 Å². The first kappa shape index (κ1) is 15.0. The fraction of sp³-hybridized carbons (Fsp3) is 1.00. The summed E-state index contributed by atoms with van der Waals surface area (Å²) in [6, 6.07) is 2.30. The molecular formula is C15H32N2. The molecule has 1 aliphatic carbocycles. The molecule has 0 aliphatic heterocycles. The van der Waals surface area contributed by atoms with Crippen LogP contribution < -0.4 is 5.32 Å². The van der Waals surface area contributed by atoms with Crippen molar-refractivity contribution < 1.29 is 0 Å². The zero-order valence-corrected chi connectivity index (χ0v) is 12.5. The van der Waals surface area contributed by atoms with Crippen molar-refractivity contribution in [3.63, 3.8) is 0 Å². The summed E-state index contributed by atoms with van der Waals surface area (Å²) >= 11 is 0. The van der Waals surface area contributed by atoms with Crippen molar-refractivity contribution in [1.82, 2.24) is 10.2 Å². The summed E-state index contributed by atoms with van der Waals surface area (Å²) in [6.45, 7) is 10.5. The lowest BCUT2D eigenvalue weighted by Crippen LogP contribution is -2.39. The molecule has 2 nitrogen and oxygen atoms in total. The van der Waals surface area contributed by atoms with Gasteiger partial charge in [-0.1, -0.05) is 20.8 Å². The summed E-state index contributed by atoms with van der Waals surface area (Å²) in [6.07, 6.45) is 6.66. The lowest BCUT2D eigenvalue weighted by Gasteiger charge is -2.32. The third kappa shape index (κ3) is 4.97. The second-order valence-electron chi connectivity index (χ2n) is 6.26. The molecule has 0 spiro atoms. The van der Waals surface area contributed by atoms with Gasteiger partial charge in [0.15, 0.2) is 0 Å². The van der Waals surface area contributed by atoms with Gasteiger partial charge >= 0.3 is 0 Å². The SMILES string of the molecule is CCCNC1CCC(N(C)C(C)CC(C)C)C1. The van der Waals surface area contributed by atoms with Crippen LogP contribution in [0.4, 0.5) is 0 Å². The number of hydrogen-bond donors (Lipinski definition) is 1. The highest BCUT2D eigenvalue weighted by Gasteiger charge is 2.29. The quantitative estimate of drug-likeness (QED) is 0.735. The van der Waals surface area contributed by atoms with Crippen LogP contribution >= 0.6 is 0 Å². The Bertz CT molecular complexity index is 203. The predicted molar refractivity (Wildman–Crippen MR) is 76.4 cm³/mol. The summed E-state index contributed by atoms with van der Waals surface area (Å²) in [4.78, 5) is 2.62. The fourth-order valence-corrected chi connectivity index (χ4v) is 3.07. The van der Waals surface area contributed by atoms with Crippen LogP contribution in [0.3, 0.4) is 0 Å². The molecule has 0 heterocycles. The topological polar surface area (TPSA) is 15.3 Å². The number of nitrogens with zero attached hydrogens (tertiary/aromatic N) is 1. The molecule has 1 fully saturated rings. The molecule has 1 aliphatic rings. The van der Waals surface area contributed by atoms with Crippen LogP contribution in [0.1, 0.15) is 59.8 Å². The minimum atomic E-state index is 0.727. The largest absolute Gasteiger partial charge is 0.314 e. The first-order valence-electron chi connectivity index (χ1n) is 7.49. The molecule has 0 aromatic heterocycles. The van der Waals surface area contributed by atoms with E-state index in [-0.39, 0.29) is 0 Å². The zero-order valence-electron chi connectivity index (χ0n) is 12.5. The zero-order chi connectivity index (χ0) is 12.8. The summed E-state index contributed by atoms with van der Waals surface area (Å²) in [5.41, 5.74) is 0. The lowest BCUT2D eigenvalue weighted by atomic mass is 10.0. The van der Waals surface area contributed by atoms with Gasteiger partial charge in [0.2, 0.25) is 0 Å². The Morgan fingerprint density at radius 2 is 1.94 bits per heavy atom. The van der Waals surface area contributed by atoms with Crippen LogP contribution in [0.15, 0.2) is 0 Å². The number of hydrogen-bond acceptors (Lipinski definition) is 2. The Morgan fingerprint density at radius 3 is 2.53 bits per heavy atom. The molecule has 0 saturated heterocycles. The van der Waals surface area contributed by atoms with Crippen molar-refractivity contribution in [3.8, 4) is 0 Å². The van der Waals surface area contributed by atoms with Gasteiger partial charge < -0.3 is 10.2 Å². The van der Waals surface area contributed by atoms with Crippen LogP contribution in [0, 0.1) is 5.92 Å². The van der Waals surface area contributed by atoms with Crippen LogP contribution in [-0.4, -0.2) is 36.6 Å². The molecule has 3 atom stereocenters. The molecule has 102 valence electrons. The minimum absolute atomic E-state index is 0.727. The second-order valence-corrected chi connectivity index (χ2v) is 6.26. The van der Waals surface area contributed by atoms with E-state index in [1.54, 1.807) is 0 Å². The van der Waals surface area contributed by atoms with Crippen molar-refractivity contribution in [2.45, 2.75) is 77.9 Å². The molecule has 2 heteroatoms. The maximum atomic E-state index is 3.67. The summed E-state index contributed by atoms with van der Waals surface area (Å²) in [7, 11) is 2.32. The third-order valence-corrected chi connectivity index (χ3v) is 4.17. The average Bonchev–Trinajstić information content (AvgIpc) is 2.72. The monoisotopic (exact) mass is 240 g/mol. The normalized spacial score (nSPS) is 27.0.